The molecule has 7 rings (SSSR count). The van der Waals surface area contributed by atoms with Crippen molar-refractivity contribution >= 4 is 21.9 Å². The molecule has 0 bridgehead atoms. The minimum atomic E-state index is 0.832. The topological polar surface area (TPSA) is 35.6 Å². The highest BCUT2D eigenvalue weighted by Gasteiger charge is 2.13. The predicted molar refractivity (Wildman–Crippen MR) is 150 cm³/mol. The Bertz CT molecular complexity index is 1810. The predicted octanol–water partition coefficient (Wildman–Crippen LogP) is 7.62. The average Bonchev–Trinajstić information content (AvgIpc) is 3.57. The van der Waals surface area contributed by atoms with E-state index in [2.05, 4.69) is 117 Å². The minimum Gasteiger partial charge on any atom is -0.300 e. The maximum absolute atomic E-state index is 4.74. The van der Waals surface area contributed by atoms with Gasteiger partial charge in [0.1, 0.15) is 11.5 Å². The molecule has 176 valence electrons. The molecule has 0 fully saturated rings. The van der Waals surface area contributed by atoms with Gasteiger partial charge in [-0.1, -0.05) is 66.7 Å². The summed E-state index contributed by atoms with van der Waals surface area (Å²) >= 11 is 0. The molecule has 4 heteroatoms. The third kappa shape index (κ3) is 3.80. The lowest BCUT2D eigenvalue weighted by atomic mass is 10.0. The Labute approximate surface area is 215 Å². The summed E-state index contributed by atoms with van der Waals surface area (Å²) in [5.41, 5.74) is 7.99. The fourth-order valence-electron chi connectivity index (χ4n) is 5.23. The number of nitrogens with zero attached hydrogens (tertiary/aromatic N) is 4. The van der Waals surface area contributed by atoms with Crippen molar-refractivity contribution in [1.29, 1.82) is 0 Å². The smallest absolute Gasteiger partial charge is 0.145 e. The zero-order chi connectivity index (χ0) is 24.6. The fourth-order valence-corrected chi connectivity index (χ4v) is 5.23. The van der Waals surface area contributed by atoms with Crippen LogP contribution in [0.15, 0.2) is 134 Å². The number of aromatic nitrogens is 4. The van der Waals surface area contributed by atoms with Crippen molar-refractivity contribution in [3.8, 4) is 22.8 Å². The summed E-state index contributed by atoms with van der Waals surface area (Å²) in [4.78, 5) is 9.40. The van der Waals surface area contributed by atoms with E-state index in [9.17, 15) is 0 Å². The van der Waals surface area contributed by atoms with E-state index in [-0.39, 0.29) is 0 Å². The maximum atomic E-state index is 4.74. The normalized spacial score (nSPS) is 11.4. The minimum absolute atomic E-state index is 0.832. The molecule has 7 aromatic rings. The number of pyridine rings is 1. The molecule has 0 aliphatic heterocycles. The first-order chi connectivity index (χ1) is 18.3. The summed E-state index contributed by atoms with van der Waals surface area (Å²) in [6, 6.07) is 40.5. The van der Waals surface area contributed by atoms with Gasteiger partial charge in [0.25, 0.3) is 0 Å². The van der Waals surface area contributed by atoms with Crippen LogP contribution in [0.25, 0.3) is 44.7 Å². The van der Waals surface area contributed by atoms with Crippen LogP contribution in [0, 0.1) is 0 Å². The molecular formula is C33H24N4. The van der Waals surface area contributed by atoms with Gasteiger partial charge in [0.15, 0.2) is 0 Å². The molecule has 0 unspecified atom stereocenters. The number of imidazole rings is 1. The molecule has 3 aromatic heterocycles. The van der Waals surface area contributed by atoms with Gasteiger partial charge in [-0.05, 0) is 66.1 Å². The molecule has 3 heterocycles. The van der Waals surface area contributed by atoms with E-state index in [0.717, 1.165) is 34.8 Å². The number of para-hydroxylation sites is 2. The van der Waals surface area contributed by atoms with Crippen LogP contribution in [0.1, 0.15) is 11.1 Å². The summed E-state index contributed by atoms with van der Waals surface area (Å²) in [5.74, 6) is 0.943. The molecule has 0 saturated heterocycles. The lowest BCUT2D eigenvalue weighted by Gasteiger charge is -2.11. The zero-order valence-corrected chi connectivity index (χ0v) is 20.2. The van der Waals surface area contributed by atoms with Crippen molar-refractivity contribution in [3.05, 3.63) is 145 Å². The van der Waals surface area contributed by atoms with Gasteiger partial charge in [-0.15, -0.1) is 0 Å². The lowest BCUT2D eigenvalue weighted by Crippen LogP contribution is -1.98. The van der Waals surface area contributed by atoms with Gasteiger partial charge in [-0.25, -0.2) is 9.97 Å². The van der Waals surface area contributed by atoms with Crippen LogP contribution in [-0.2, 0) is 6.42 Å². The summed E-state index contributed by atoms with van der Waals surface area (Å²) in [5, 5.41) is 2.39. The van der Waals surface area contributed by atoms with Gasteiger partial charge in [-0.2, -0.15) is 0 Å². The van der Waals surface area contributed by atoms with E-state index < -0.39 is 0 Å². The zero-order valence-electron chi connectivity index (χ0n) is 20.2. The number of hydrogen-bond acceptors (Lipinski definition) is 2. The Morgan fingerprint density at radius 2 is 1.32 bits per heavy atom. The van der Waals surface area contributed by atoms with Crippen LogP contribution >= 0.6 is 0 Å². The van der Waals surface area contributed by atoms with Crippen molar-refractivity contribution in [2.24, 2.45) is 0 Å². The molecular weight excluding hydrogens is 452 g/mol. The second-order valence-corrected chi connectivity index (χ2v) is 9.23. The van der Waals surface area contributed by atoms with Gasteiger partial charge in [0, 0.05) is 46.3 Å². The first-order valence-electron chi connectivity index (χ1n) is 12.5. The molecule has 0 saturated carbocycles. The Morgan fingerprint density at radius 3 is 2.24 bits per heavy atom. The lowest BCUT2D eigenvalue weighted by molar-refractivity contribution is 1.06. The Morgan fingerprint density at radius 1 is 0.568 bits per heavy atom. The van der Waals surface area contributed by atoms with E-state index in [1.807, 2.05) is 30.7 Å². The number of rotatable bonds is 5. The first kappa shape index (κ1) is 21.3. The van der Waals surface area contributed by atoms with E-state index in [4.69, 9.17) is 4.98 Å². The van der Waals surface area contributed by atoms with Gasteiger partial charge >= 0.3 is 0 Å². The largest absolute Gasteiger partial charge is 0.300 e. The van der Waals surface area contributed by atoms with Crippen molar-refractivity contribution in [1.82, 2.24) is 19.1 Å². The monoisotopic (exact) mass is 476 g/mol. The van der Waals surface area contributed by atoms with Crippen LogP contribution in [0.2, 0.25) is 0 Å². The van der Waals surface area contributed by atoms with E-state index in [1.165, 1.54) is 27.4 Å². The quantitative estimate of drug-likeness (QED) is 0.256. The Hall–Kier alpha value is -4.96. The molecule has 0 N–H and O–H groups in total. The SMILES string of the molecule is c1ccc(-n2ccnc2-c2cccc(Cc3cccc(-n4c5ccccc5c5cccnc54)c3)c2)cc1. The highest BCUT2D eigenvalue weighted by molar-refractivity contribution is 6.07. The molecule has 0 amide bonds. The highest BCUT2D eigenvalue weighted by atomic mass is 15.1. The summed E-state index contributed by atoms with van der Waals surface area (Å²) < 4.78 is 4.40. The summed E-state index contributed by atoms with van der Waals surface area (Å²) in [7, 11) is 0. The molecule has 4 nitrogen and oxygen atoms in total. The molecule has 0 aliphatic rings. The second-order valence-electron chi connectivity index (χ2n) is 9.23. The Balaban J connectivity index is 1.26. The van der Waals surface area contributed by atoms with Gasteiger partial charge < -0.3 is 0 Å². The van der Waals surface area contributed by atoms with Gasteiger partial charge in [0.05, 0.1) is 5.52 Å². The molecule has 37 heavy (non-hydrogen) atoms. The molecule has 0 spiro atoms. The summed E-state index contributed by atoms with van der Waals surface area (Å²) in [6.07, 6.45) is 6.57. The van der Waals surface area contributed by atoms with E-state index in [0.29, 0.717) is 0 Å². The number of fused-ring (bicyclic) bond motifs is 3. The van der Waals surface area contributed by atoms with Gasteiger partial charge in [-0.3, -0.25) is 9.13 Å². The maximum Gasteiger partial charge on any atom is 0.145 e. The molecule has 0 atom stereocenters. The van der Waals surface area contributed by atoms with Crippen LogP contribution in [0.4, 0.5) is 0 Å². The third-order valence-electron chi connectivity index (χ3n) is 6.87. The van der Waals surface area contributed by atoms with Crippen LogP contribution < -0.4 is 0 Å². The molecule has 0 aliphatic carbocycles. The van der Waals surface area contributed by atoms with Gasteiger partial charge in [0.2, 0.25) is 0 Å². The van der Waals surface area contributed by atoms with Crippen molar-refractivity contribution in [3.63, 3.8) is 0 Å². The third-order valence-corrected chi connectivity index (χ3v) is 6.87. The van der Waals surface area contributed by atoms with E-state index in [1.54, 1.807) is 0 Å². The standard InChI is InChI=1S/C33H24N4/c1-2-12-27(13-3-1)36-20-19-35-32(36)26-11-6-9-24(22-26)21-25-10-7-14-28(23-25)37-31-17-5-4-15-29(31)30-16-8-18-34-33(30)37/h1-20,22-23H,21H2. The van der Waals surface area contributed by atoms with Crippen molar-refractivity contribution < 1.29 is 0 Å². The van der Waals surface area contributed by atoms with E-state index >= 15 is 0 Å². The second kappa shape index (κ2) is 8.92. The van der Waals surface area contributed by atoms with Crippen molar-refractivity contribution in [2.45, 2.75) is 6.42 Å². The molecule has 4 aromatic carbocycles. The average molecular weight is 477 g/mol. The number of benzene rings is 4. The Kier molecular flexibility index (Phi) is 5.14. The highest BCUT2D eigenvalue weighted by Crippen LogP contribution is 2.31. The summed E-state index contributed by atoms with van der Waals surface area (Å²) in [6.45, 7) is 0. The van der Waals surface area contributed by atoms with Crippen LogP contribution in [0.5, 0.6) is 0 Å². The van der Waals surface area contributed by atoms with Crippen molar-refractivity contribution in [2.75, 3.05) is 0 Å². The fraction of sp³-hybridized carbons (Fsp3) is 0.0303. The van der Waals surface area contributed by atoms with Crippen LogP contribution in [-0.4, -0.2) is 19.1 Å². The first-order valence-corrected chi connectivity index (χ1v) is 12.5. The molecule has 0 radical (unpaired) electrons. The van der Waals surface area contributed by atoms with Crippen LogP contribution in [0.3, 0.4) is 0 Å². The number of hydrogen-bond donors (Lipinski definition) is 0.